The molecule has 5 rings (SSSR count). The van der Waals surface area contributed by atoms with E-state index in [-0.39, 0.29) is 5.91 Å². The molecule has 182 valence electrons. The van der Waals surface area contributed by atoms with Crippen molar-refractivity contribution in [1.29, 1.82) is 0 Å². The number of hydrogen-bond donors (Lipinski definition) is 1. The molecule has 0 aliphatic carbocycles. The molecule has 1 fully saturated rings. The molecule has 4 aromatic rings. The van der Waals surface area contributed by atoms with Crippen LogP contribution in [0.25, 0.3) is 5.65 Å². The summed E-state index contributed by atoms with van der Waals surface area (Å²) in [5, 5.41) is 7.51. The number of morpholine rings is 1. The molecular formula is C26H23ClN6O3. The van der Waals surface area contributed by atoms with Crippen LogP contribution in [0.4, 0.5) is 5.69 Å². The van der Waals surface area contributed by atoms with Crippen LogP contribution in [0.2, 0.25) is 5.02 Å². The minimum Gasteiger partial charge on any atom is -0.491 e. The van der Waals surface area contributed by atoms with Gasteiger partial charge in [-0.2, -0.15) is 5.10 Å². The van der Waals surface area contributed by atoms with Gasteiger partial charge in [0.05, 0.1) is 30.0 Å². The van der Waals surface area contributed by atoms with Crippen LogP contribution in [0.5, 0.6) is 5.75 Å². The Hall–Kier alpha value is -3.97. The quantitative estimate of drug-likeness (QED) is 0.405. The molecule has 0 saturated carbocycles. The summed E-state index contributed by atoms with van der Waals surface area (Å²) in [6, 6.07) is 10.5. The number of imidazole rings is 1. The average molecular weight is 503 g/mol. The van der Waals surface area contributed by atoms with Crippen molar-refractivity contribution in [2.45, 2.75) is 0 Å². The molecule has 0 spiro atoms. The van der Waals surface area contributed by atoms with Gasteiger partial charge in [-0.1, -0.05) is 17.5 Å². The van der Waals surface area contributed by atoms with Crippen LogP contribution in [0, 0.1) is 11.8 Å². The highest BCUT2D eigenvalue weighted by atomic mass is 35.5. The molecule has 1 N–H and O–H groups in total. The topological polar surface area (TPSA) is 93.9 Å². The molecule has 1 saturated heterocycles. The van der Waals surface area contributed by atoms with E-state index in [2.05, 4.69) is 37.1 Å². The van der Waals surface area contributed by atoms with E-state index >= 15 is 0 Å². The lowest BCUT2D eigenvalue weighted by atomic mass is 10.2. The van der Waals surface area contributed by atoms with Crippen molar-refractivity contribution >= 4 is 28.8 Å². The van der Waals surface area contributed by atoms with Crippen molar-refractivity contribution in [3.63, 3.8) is 0 Å². The third-order valence-corrected chi connectivity index (χ3v) is 5.87. The third kappa shape index (κ3) is 5.80. The zero-order chi connectivity index (χ0) is 24.7. The molecule has 1 aromatic carbocycles. The van der Waals surface area contributed by atoms with E-state index in [1.54, 1.807) is 47.4 Å². The Kier molecular flexibility index (Phi) is 7.38. The van der Waals surface area contributed by atoms with E-state index in [1.807, 2.05) is 12.1 Å². The Balaban J connectivity index is 1.21. The van der Waals surface area contributed by atoms with Crippen LogP contribution in [0.1, 0.15) is 21.6 Å². The number of carbonyl (C=O) groups is 1. The van der Waals surface area contributed by atoms with Crippen LogP contribution < -0.4 is 10.1 Å². The summed E-state index contributed by atoms with van der Waals surface area (Å²) < 4.78 is 12.8. The Morgan fingerprint density at radius 2 is 2.03 bits per heavy atom. The van der Waals surface area contributed by atoms with Gasteiger partial charge in [0.2, 0.25) is 0 Å². The number of nitrogens with one attached hydrogen (secondary N) is 1. The van der Waals surface area contributed by atoms with Gasteiger partial charge in [0, 0.05) is 49.5 Å². The van der Waals surface area contributed by atoms with E-state index in [4.69, 9.17) is 21.1 Å². The molecular weight excluding hydrogens is 480 g/mol. The minimum absolute atomic E-state index is 0.320. The normalized spacial score (nSPS) is 13.7. The van der Waals surface area contributed by atoms with Gasteiger partial charge >= 0.3 is 0 Å². The highest BCUT2D eigenvalue weighted by molar-refractivity contribution is 6.32. The van der Waals surface area contributed by atoms with Crippen LogP contribution in [0.3, 0.4) is 0 Å². The molecule has 0 atom stereocenters. The Morgan fingerprint density at radius 1 is 1.14 bits per heavy atom. The number of rotatable bonds is 6. The molecule has 9 nitrogen and oxygen atoms in total. The zero-order valence-corrected chi connectivity index (χ0v) is 20.1. The van der Waals surface area contributed by atoms with Crippen LogP contribution in [-0.4, -0.2) is 69.8 Å². The van der Waals surface area contributed by atoms with E-state index < -0.39 is 0 Å². The van der Waals surface area contributed by atoms with Crippen LogP contribution >= 0.6 is 11.6 Å². The number of pyridine rings is 1. The summed E-state index contributed by atoms with van der Waals surface area (Å²) in [5.41, 5.74) is 2.87. The second kappa shape index (κ2) is 11.2. The summed E-state index contributed by atoms with van der Waals surface area (Å²) in [4.78, 5) is 23.5. The maximum atomic E-state index is 12.8. The molecule has 0 radical (unpaired) electrons. The van der Waals surface area contributed by atoms with Crippen LogP contribution in [0.15, 0.2) is 61.2 Å². The number of amides is 1. The molecule has 36 heavy (non-hydrogen) atoms. The van der Waals surface area contributed by atoms with Crippen molar-refractivity contribution in [3.05, 3.63) is 83.0 Å². The first-order valence-electron chi connectivity index (χ1n) is 11.5. The summed E-state index contributed by atoms with van der Waals surface area (Å²) in [6.07, 6.45) is 6.41. The zero-order valence-electron chi connectivity index (χ0n) is 19.4. The fourth-order valence-electron chi connectivity index (χ4n) is 3.69. The summed E-state index contributed by atoms with van der Waals surface area (Å²) in [6.45, 7) is 4.64. The standard InChI is InChI=1S/C26H23ClN6O3/c27-23-15-21(4-6-24(23)36-13-10-32-8-11-35-12-9-32)31-26(34)20-14-19(16-28-17-20)3-5-22-18-29-25-2-1-7-30-33(22)25/h1-2,4,6-7,14-18H,8-13H2,(H,31,34). The second-order valence-electron chi connectivity index (χ2n) is 8.05. The van der Waals surface area contributed by atoms with Crippen LogP contribution in [-0.2, 0) is 4.74 Å². The first kappa shape index (κ1) is 23.8. The highest BCUT2D eigenvalue weighted by Crippen LogP contribution is 2.28. The molecule has 0 bridgehead atoms. The number of nitrogens with zero attached hydrogens (tertiary/aromatic N) is 5. The summed E-state index contributed by atoms with van der Waals surface area (Å²) in [7, 11) is 0. The van der Waals surface area contributed by atoms with Gasteiger partial charge < -0.3 is 14.8 Å². The number of carbonyl (C=O) groups excluding carboxylic acids is 1. The Morgan fingerprint density at radius 3 is 2.89 bits per heavy atom. The van der Waals surface area contributed by atoms with Crippen molar-refractivity contribution in [2.24, 2.45) is 0 Å². The van der Waals surface area contributed by atoms with Crippen molar-refractivity contribution in [1.82, 2.24) is 24.5 Å². The van der Waals surface area contributed by atoms with E-state index in [0.29, 0.717) is 45.5 Å². The number of anilines is 1. The fourth-order valence-corrected chi connectivity index (χ4v) is 3.93. The number of benzene rings is 1. The number of halogens is 1. The van der Waals surface area contributed by atoms with Crippen molar-refractivity contribution in [3.8, 4) is 17.6 Å². The first-order chi connectivity index (χ1) is 17.7. The van der Waals surface area contributed by atoms with Gasteiger partial charge in [-0.25, -0.2) is 9.50 Å². The lowest BCUT2D eigenvalue weighted by Gasteiger charge is -2.26. The maximum Gasteiger partial charge on any atom is 0.257 e. The molecule has 1 amide bonds. The predicted octanol–water partition coefficient (Wildman–Crippen LogP) is 3.14. The summed E-state index contributed by atoms with van der Waals surface area (Å²) in [5.74, 6) is 6.30. The third-order valence-electron chi connectivity index (χ3n) is 5.57. The summed E-state index contributed by atoms with van der Waals surface area (Å²) >= 11 is 6.38. The number of ether oxygens (including phenoxy) is 2. The van der Waals surface area contributed by atoms with Crippen molar-refractivity contribution < 1.29 is 14.3 Å². The van der Waals surface area contributed by atoms with Crippen molar-refractivity contribution in [2.75, 3.05) is 44.8 Å². The molecule has 3 aromatic heterocycles. The smallest absolute Gasteiger partial charge is 0.257 e. The number of fused-ring (bicyclic) bond motifs is 1. The first-order valence-corrected chi connectivity index (χ1v) is 11.8. The molecule has 10 heteroatoms. The Labute approximate surface area is 213 Å². The largest absolute Gasteiger partial charge is 0.491 e. The molecule has 4 heterocycles. The number of hydrogen-bond acceptors (Lipinski definition) is 7. The minimum atomic E-state index is -0.320. The lowest BCUT2D eigenvalue weighted by Crippen LogP contribution is -2.38. The lowest BCUT2D eigenvalue weighted by molar-refractivity contribution is 0.0322. The number of aromatic nitrogens is 4. The fraction of sp³-hybridized carbons (Fsp3) is 0.231. The van der Waals surface area contributed by atoms with Gasteiger partial charge in [0.25, 0.3) is 5.91 Å². The monoisotopic (exact) mass is 502 g/mol. The van der Waals surface area contributed by atoms with E-state index in [1.165, 1.54) is 6.20 Å². The van der Waals surface area contributed by atoms with Gasteiger partial charge in [-0.3, -0.25) is 14.7 Å². The Bertz CT molecular complexity index is 1440. The van der Waals surface area contributed by atoms with Gasteiger partial charge in [-0.15, -0.1) is 0 Å². The van der Waals surface area contributed by atoms with Gasteiger partial charge in [0.1, 0.15) is 18.1 Å². The van der Waals surface area contributed by atoms with E-state index in [9.17, 15) is 4.79 Å². The predicted molar refractivity (Wildman–Crippen MR) is 135 cm³/mol. The second-order valence-corrected chi connectivity index (χ2v) is 8.46. The van der Waals surface area contributed by atoms with E-state index in [0.717, 1.165) is 32.8 Å². The highest BCUT2D eigenvalue weighted by Gasteiger charge is 2.12. The molecule has 0 unspecified atom stereocenters. The SMILES string of the molecule is O=C(Nc1ccc(OCCN2CCOCC2)c(Cl)c1)c1cncc(C#Cc2cnc3cccnn23)c1. The maximum absolute atomic E-state index is 12.8. The van der Waals surface area contributed by atoms with Gasteiger partial charge in [-0.05, 0) is 42.3 Å². The van der Waals surface area contributed by atoms with Gasteiger partial charge in [0.15, 0.2) is 5.65 Å². The molecule has 1 aliphatic heterocycles. The average Bonchev–Trinajstić information content (AvgIpc) is 3.33. The molecule has 1 aliphatic rings.